The van der Waals surface area contributed by atoms with Gasteiger partial charge in [0.25, 0.3) is 0 Å². The Bertz CT molecular complexity index is 363. The fraction of sp³-hybridized carbons (Fsp3) is 0.769. The van der Waals surface area contributed by atoms with E-state index < -0.39 is 0 Å². The van der Waals surface area contributed by atoms with Crippen molar-refractivity contribution in [3.8, 4) is 0 Å². The molecule has 0 spiro atoms. The molecule has 88 valence electrons. The number of oxazole rings is 1. The second kappa shape index (κ2) is 4.40. The number of halogens is 1. The highest BCUT2D eigenvalue weighted by Crippen LogP contribution is 2.52. The number of aromatic nitrogens is 1. The van der Waals surface area contributed by atoms with Gasteiger partial charge < -0.3 is 4.42 Å². The number of hydrogen-bond acceptors (Lipinski definition) is 2. The van der Waals surface area contributed by atoms with Gasteiger partial charge in [-0.2, -0.15) is 0 Å². The van der Waals surface area contributed by atoms with Crippen LogP contribution in [0.25, 0.3) is 0 Å². The predicted octanol–water partition coefficient (Wildman–Crippen LogP) is 3.75. The Hall–Kier alpha value is -0.500. The molecule has 3 rings (SSSR count). The van der Waals surface area contributed by atoms with Crippen LogP contribution in [0.5, 0.6) is 0 Å². The molecule has 3 atom stereocenters. The quantitative estimate of drug-likeness (QED) is 0.748. The summed E-state index contributed by atoms with van der Waals surface area (Å²) >= 11 is 5.67. The number of fused-ring (bicyclic) bond motifs is 2. The lowest BCUT2D eigenvalue weighted by Gasteiger charge is -2.18. The van der Waals surface area contributed by atoms with Crippen LogP contribution in [0.3, 0.4) is 0 Å². The van der Waals surface area contributed by atoms with E-state index in [9.17, 15) is 0 Å². The Kier molecular flexibility index (Phi) is 2.93. The maximum absolute atomic E-state index is 5.85. The highest BCUT2D eigenvalue weighted by atomic mass is 35.5. The first kappa shape index (κ1) is 10.6. The maximum Gasteiger partial charge on any atom is 0.194 e. The molecule has 1 aromatic heterocycles. The van der Waals surface area contributed by atoms with Crippen molar-refractivity contribution < 1.29 is 4.42 Å². The average molecular weight is 240 g/mol. The van der Waals surface area contributed by atoms with E-state index >= 15 is 0 Å². The molecule has 0 saturated heterocycles. The van der Waals surface area contributed by atoms with Crippen LogP contribution in [0.2, 0.25) is 0 Å². The van der Waals surface area contributed by atoms with Crippen molar-refractivity contribution in [2.24, 2.45) is 11.8 Å². The summed E-state index contributed by atoms with van der Waals surface area (Å²) in [6.07, 6.45) is 9.37. The Labute approximate surface area is 101 Å². The molecule has 2 saturated carbocycles. The summed E-state index contributed by atoms with van der Waals surface area (Å²) in [5.41, 5.74) is 0. The summed E-state index contributed by atoms with van der Waals surface area (Å²) in [5, 5.41) is 0. The fourth-order valence-electron chi connectivity index (χ4n) is 3.42. The Morgan fingerprint density at radius 3 is 3.00 bits per heavy atom. The third-order valence-electron chi connectivity index (χ3n) is 4.20. The second-order valence-corrected chi connectivity index (χ2v) is 5.61. The molecule has 0 aliphatic heterocycles. The molecule has 2 nitrogen and oxygen atoms in total. The van der Waals surface area contributed by atoms with E-state index in [-0.39, 0.29) is 0 Å². The lowest BCUT2D eigenvalue weighted by molar-refractivity contribution is 0.343. The molecule has 0 amide bonds. The molecule has 0 aromatic carbocycles. The van der Waals surface area contributed by atoms with E-state index in [0.29, 0.717) is 11.8 Å². The van der Waals surface area contributed by atoms with Crippen molar-refractivity contribution >= 4 is 11.6 Å². The van der Waals surface area contributed by atoms with E-state index in [1.54, 1.807) is 0 Å². The first-order chi connectivity index (χ1) is 7.86. The molecule has 2 bridgehead atoms. The van der Waals surface area contributed by atoms with Crippen molar-refractivity contribution in [3.05, 3.63) is 17.8 Å². The second-order valence-electron chi connectivity index (χ2n) is 5.23. The maximum atomic E-state index is 5.85. The smallest absolute Gasteiger partial charge is 0.194 e. The largest absolute Gasteiger partial charge is 0.445 e. The third-order valence-corrected chi connectivity index (χ3v) is 4.47. The van der Waals surface area contributed by atoms with Gasteiger partial charge in [-0.1, -0.05) is 6.42 Å². The number of aryl methyl sites for hydroxylation is 1. The molecule has 0 radical (unpaired) electrons. The summed E-state index contributed by atoms with van der Waals surface area (Å²) in [4.78, 5) is 4.36. The molecule has 2 fully saturated rings. The number of alkyl halides is 1. The van der Waals surface area contributed by atoms with Gasteiger partial charge in [-0.3, -0.25) is 0 Å². The predicted molar refractivity (Wildman–Crippen MR) is 63.7 cm³/mol. The van der Waals surface area contributed by atoms with Crippen LogP contribution in [-0.4, -0.2) is 10.9 Å². The van der Waals surface area contributed by atoms with E-state index in [2.05, 4.69) is 4.98 Å². The van der Waals surface area contributed by atoms with Gasteiger partial charge in [-0.15, -0.1) is 11.6 Å². The molecule has 2 aliphatic rings. The average Bonchev–Trinajstić information content (AvgIpc) is 3.01. The molecule has 3 heteroatoms. The van der Waals surface area contributed by atoms with Crippen LogP contribution in [0.1, 0.15) is 49.7 Å². The molecule has 16 heavy (non-hydrogen) atoms. The van der Waals surface area contributed by atoms with Crippen LogP contribution in [0.15, 0.2) is 10.6 Å². The lowest BCUT2D eigenvalue weighted by atomic mass is 9.87. The van der Waals surface area contributed by atoms with Crippen molar-refractivity contribution in [3.63, 3.8) is 0 Å². The minimum Gasteiger partial charge on any atom is -0.445 e. The van der Waals surface area contributed by atoms with Crippen molar-refractivity contribution in [1.82, 2.24) is 4.98 Å². The van der Waals surface area contributed by atoms with E-state index in [0.717, 1.165) is 36.3 Å². The summed E-state index contributed by atoms with van der Waals surface area (Å²) in [6.45, 7) is 0. The topological polar surface area (TPSA) is 26.0 Å². The van der Waals surface area contributed by atoms with Gasteiger partial charge >= 0.3 is 0 Å². The van der Waals surface area contributed by atoms with Crippen LogP contribution < -0.4 is 0 Å². The minimum absolute atomic E-state index is 0.663. The molecule has 1 aromatic rings. The van der Waals surface area contributed by atoms with Crippen molar-refractivity contribution in [2.75, 3.05) is 5.88 Å². The van der Waals surface area contributed by atoms with Gasteiger partial charge in [0.2, 0.25) is 0 Å². The van der Waals surface area contributed by atoms with Gasteiger partial charge in [0.15, 0.2) is 5.89 Å². The monoisotopic (exact) mass is 239 g/mol. The highest BCUT2D eigenvalue weighted by molar-refractivity contribution is 6.17. The van der Waals surface area contributed by atoms with Crippen molar-refractivity contribution in [1.29, 1.82) is 0 Å². The summed E-state index contributed by atoms with van der Waals surface area (Å²) in [5.74, 6) is 5.20. The third kappa shape index (κ3) is 1.88. The number of rotatable bonds is 4. The van der Waals surface area contributed by atoms with Crippen LogP contribution in [-0.2, 0) is 6.42 Å². The normalized spacial score (nSPS) is 32.4. The lowest BCUT2D eigenvalue weighted by Crippen LogP contribution is -2.07. The minimum atomic E-state index is 0.663. The molecular formula is C13H18ClNO. The van der Waals surface area contributed by atoms with Crippen LogP contribution in [0.4, 0.5) is 0 Å². The van der Waals surface area contributed by atoms with Crippen molar-refractivity contribution in [2.45, 2.75) is 44.4 Å². The van der Waals surface area contributed by atoms with E-state index in [1.807, 2.05) is 6.20 Å². The number of hydrogen-bond donors (Lipinski definition) is 0. The summed E-state index contributed by atoms with van der Waals surface area (Å²) < 4.78 is 5.85. The van der Waals surface area contributed by atoms with Gasteiger partial charge in [0.05, 0.1) is 6.20 Å². The zero-order valence-electron chi connectivity index (χ0n) is 9.49. The van der Waals surface area contributed by atoms with E-state index in [4.69, 9.17) is 16.0 Å². The molecule has 0 N–H and O–H groups in total. The van der Waals surface area contributed by atoms with Crippen LogP contribution in [0, 0.1) is 11.8 Å². The van der Waals surface area contributed by atoms with Gasteiger partial charge in [-0.25, -0.2) is 4.98 Å². The standard InChI is InChI=1S/C13H18ClNO/c14-5-1-2-13-15-8-12(16-13)11-7-9-3-4-10(11)6-9/h8-11H,1-7H2. The number of nitrogens with zero attached hydrogens (tertiary/aromatic N) is 1. The molecule has 3 unspecified atom stereocenters. The summed E-state index contributed by atoms with van der Waals surface area (Å²) in [7, 11) is 0. The fourth-order valence-corrected chi connectivity index (χ4v) is 3.56. The first-order valence-corrected chi connectivity index (χ1v) is 6.91. The first-order valence-electron chi connectivity index (χ1n) is 6.37. The van der Waals surface area contributed by atoms with Gasteiger partial charge in [0.1, 0.15) is 5.76 Å². The van der Waals surface area contributed by atoms with Gasteiger partial charge in [-0.05, 0) is 37.5 Å². The SMILES string of the molecule is ClCCCc1ncc(C2CC3CCC2C3)o1. The molecule has 2 aliphatic carbocycles. The Morgan fingerprint density at radius 2 is 2.31 bits per heavy atom. The zero-order chi connectivity index (χ0) is 11.0. The Morgan fingerprint density at radius 1 is 1.38 bits per heavy atom. The van der Waals surface area contributed by atoms with E-state index in [1.165, 1.54) is 25.7 Å². The van der Waals surface area contributed by atoms with Gasteiger partial charge in [0, 0.05) is 18.2 Å². The Balaban J connectivity index is 1.68. The molecule has 1 heterocycles. The molecular weight excluding hydrogens is 222 g/mol. The highest BCUT2D eigenvalue weighted by Gasteiger charge is 2.41. The zero-order valence-corrected chi connectivity index (χ0v) is 10.2. The van der Waals surface area contributed by atoms with Crippen LogP contribution >= 0.6 is 11.6 Å². The summed E-state index contributed by atoms with van der Waals surface area (Å²) in [6, 6.07) is 0.